The highest BCUT2D eigenvalue weighted by atomic mass is 32.2. The highest BCUT2D eigenvalue weighted by Gasteiger charge is 2.24. The molecule has 7 nitrogen and oxygen atoms in total. The predicted octanol–water partition coefficient (Wildman–Crippen LogP) is 3.83. The summed E-state index contributed by atoms with van der Waals surface area (Å²) in [6.07, 6.45) is 0. The van der Waals surface area contributed by atoms with Gasteiger partial charge < -0.3 is 5.32 Å². The number of carbonyl (C=O) groups is 1. The van der Waals surface area contributed by atoms with Crippen LogP contribution in [0.1, 0.15) is 41.0 Å². The second-order valence-electron chi connectivity index (χ2n) is 7.33. The van der Waals surface area contributed by atoms with Crippen molar-refractivity contribution >= 4 is 21.7 Å². The summed E-state index contributed by atoms with van der Waals surface area (Å²) in [6.45, 7) is 8.48. The number of hydrogen-bond acceptors (Lipinski definition) is 4. The van der Waals surface area contributed by atoms with Gasteiger partial charge in [-0.05, 0) is 37.1 Å². The largest absolute Gasteiger partial charge is 0.307 e. The molecular weight excluding hydrogens is 412 g/mol. The Morgan fingerprint density at radius 3 is 2.35 bits per heavy atom. The van der Waals surface area contributed by atoms with E-state index < -0.39 is 10.0 Å². The van der Waals surface area contributed by atoms with Crippen LogP contribution in [0.15, 0.2) is 59.5 Å². The van der Waals surface area contributed by atoms with Crippen LogP contribution in [-0.4, -0.2) is 41.5 Å². The summed E-state index contributed by atoms with van der Waals surface area (Å²) in [5.41, 5.74) is 2.85. The van der Waals surface area contributed by atoms with Gasteiger partial charge in [0.2, 0.25) is 10.0 Å². The van der Waals surface area contributed by atoms with Gasteiger partial charge in [-0.1, -0.05) is 50.2 Å². The van der Waals surface area contributed by atoms with E-state index in [0.717, 1.165) is 11.3 Å². The third-order valence-electron chi connectivity index (χ3n) is 5.12. The molecule has 1 N–H and O–H groups in total. The second-order valence-corrected chi connectivity index (χ2v) is 9.27. The van der Waals surface area contributed by atoms with Gasteiger partial charge in [0, 0.05) is 24.7 Å². The summed E-state index contributed by atoms with van der Waals surface area (Å²) in [5, 5.41) is 7.37. The van der Waals surface area contributed by atoms with Crippen LogP contribution in [0.5, 0.6) is 0 Å². The monoisotopic (exact) mass is 440 g/mol. The van der Waals surface area contributed by atoms with Gasteiger partial charge in [0.05, 0.1) is 17.1 Å². The highest BCUT2D eigenvalue weighted by molar-refractivity contribution is 7.89. The van der Waals surface area contributed by atoms with Crippen molar-refractivity contribution < 1.29 is 13.2 Å². The molecule has 0 aliphatic carbocycles. The Kier molecular flexibility index (Phi) is 6.92. The molecule has 1 aromatic heterocycles. The van der Waals surface area contributed by atoms with Crippen LogP contribution in [0.25, 0.3) is 0 Å². The summed E-state index contributed by atoms with van der Waals surface area (Å²) in [6, 6.07) is 16.3. The Bertz CT molecular complexity index is 1170. The Labute approximate surface area is 183 Å². The van der Waals surface area contributed by atoms with Crippen LogP contribution in [-0.2, 0) is 16.6 Å². The zero-order valence-corrected chi connectivity index (χ0v) is 19.1. The Morgan fingerprint density at radius 1 is 1.03 bits per heavy atom. The molecule has 2 aromatic carbocycles. The zero-order valence-electron chi connectivity index (χ0n) is 18.3. The standard InChI is InChI=1S/C23H28N4O3S/c1-5-26(6-2)31(29,30)20-13-12-17(3)21(15-20)23(28)24-22-14-18(4)25-27(22)16-19-10-8-7-9-11-19/h7-15H,5-6,16H2,1-4H3,(H,24,28). The van der Waals surface area contributed by atoms with E-state index in [1.807, 2.05) is 37.3 Å². The molecule has 0 saturated carbocycles. The number of aryl methyl sites for hydroxylation is 2. The molecule has 31 heavy (non-hydrogen) atoms. The van der Waals surface area contributed by atoms with Crippen molar-refractivity contribution in [2.75, 3.05) is 18.4 Å². The lowest BCUT2D eigenvalue weighted by atomic mass is 10.1. The van der Waals surface area contributed by atoms with E-state index in [9.17, 15) is 13.2 Å². The van der Waals surface area contributed by atoms with Crippen molar-refractivity contribution in [2.45, 2.75) is 39.1 Å². The lowest BCUT2D eigenvalue weighted by Gasteiger charge is -2.19. The van der Waals surface area contributed by atoms with Gasteiger partial charge in [-0.15, -0.1) is 0 Å². The fourth-order valence-electron chi connectivity index (χ4n) is 3.43. The smallest absolute Gasteiger partial charge is 0.257 e. The van der Waals surface area contributed by atoms with Crippen LogP contribution < -0.4 is 5.32 Å². The molecule has 0 radical (unpaired) electrons. The summed E-state index contributed by atoms with van der Waals surface area (Å²) in [5.74, 6) is 0.186. The molecule has 3 rings (SSSR count). The number of nitrogens with one attached hydrogen (secondary N) is 1. The SMILES string of the molecule is CCN(CC)S(=O)(=O)c1ccc(C)c(C(=O)Nc2cc(C)nn2Cc2ccccc2)c1. The molecule has 0 saturated heterocycles. The number of hydrogen-bond donors (Lipinski definition) is 1. The molecule has 0 aliphatic rings. The molecule has 0 spiro atoms. The molecule has 0 fully saturated rings. The number of aromatic nitrogens is 2. The minimum atomic E-state index is -3.66. The van der Waals surface area contributed by atoms with Crippen molar-refractivity contribution in [3.63, 3.8) is 0 Å². The van der Waals surface area contributed by atoms with Gasteiger partial charge in [-0.25, -0.2) is 13.1 Å². The number of carbonyl (C=O) groups excluding carboxylic acids is 1. The minimum absolute atomic E-state index is 0.112. The van der Waals surface area contributed by atoms with Crippen molar-refractivity contribution in [3.05, 3.63) is 77.0 Å². The molecule has 1 heterocycles. The number of amides is 1. The van der Waals surface area contributed by atoms with Gasteiger partial charge in [0.15, 0.2) is 0 Å². The number of benzene rings is 2. The number of nitrogens with zero attached hydrogens (tertiary/aromatic N) is 3. The maximum Gasteiger partial charge on any atom is 0.257 e. The van der Waals surface area contributed by atoms with E-state index in [0.29, 0.717) is 36.6 Å². The Balaban J connectivity index is 1.90. The quantitative estimate of drug-likeness (QED) is 0.577. The first kappa shape index (κ1) is 22.7. The van der Waals surface area contributed by atoms with Crippen LogP contribution in [0.2, 0.25) is 0 Å². The first-order chi connectivity index (χ1) is 14.8. The van der Waals surface area contributed by atoms with Crippen LogP contribution in [0.4, 0.5) is 5.82 Å². The van der Waals surface area contributed by atoms with Crippen molar-refractivity contribution in [1.82, 2.24) is 14.1 Å². The highest BCUT2D eigenvalue weighted by Crippen LogP contribution is 2.21. The maximum absolute atomic E-state index is 13.1. The molecule has 1 amide bonds. The van der Waals surface area contributed by atoms with Gasteiger partial charge >= 0.3 is 0 Å². The second kappa shape index (κ2) is 9.45. The van der Waals surface area contributed by atoms with Gasteiger partial charge in [-0.3, -0.25) is 4.79 Å². The van der Waals surface area contributed by atoms with E-state index in [2.05, 4.69) is 10.4 Å². The first-order valence-electron chi connectivity index (χ1n) is 10.3. The summed E-state index contributed by atoms with van der Waals surface area (Å²) >= 11 is 0. The van der Waals surface area contributed by atoms with Crippen LogP contribution in [0.3, 0.4) is 0 Å². The van der Waals surface area contributed by atoms with Crippen molar-refractivity contribution in [2.24, 2.45) is 0 Å². The number of sulfonamides is 1. The van der Waals surface area contributed by atoms with Crippen LogP contribution >= 0.6 is 0 Å². The lowest BCUT2D eigenvalue weighted by Crippen LogP contribution is -2.31. The third-order valence-corrected chi connectivity index (χ3v) is 7.16. The average molecular weight is 441 g/mol. The van der Waals surface area contributed by atoms with E-state index in [1.54, 1.807) is 43.7 Å². The van der Waals surface area contributed by atoms with E-state index in [1.165, 1.54) is 10.4 Å². The molecule has 8 heteroatoms. The van der Waals surface area contributed by atoms with E-state index in [4.69, 9.17) is 0 Å². The van der Waals surface area contributed by atoms with Gasteiger partial charge in [0.1, 0.15) is 5.82 Å². The maximum atomic E-state index is 13.1. The summed E-state index contributed by atoms with van der Waals surface area (Å²) < 4.78 is 28.9. The van der Waals surface area contributed by atoms with Crippen molar-refractivity contribution in [1.29, 1.82) is 0 Å². The fourth-order valence-corrected chi connectivity index (χ4v) is 4.91. The molecular formula is C23H28N4O3S. The number of rotatable bonds is 8. The normalized spacial score (nSPS) is 11.6. The van der Waals surface area contributed by atoms with Gasteiger partial charge in [0.25, 0.3) is 5.91 Å². The molecule has 3 aromatic rings. The third kappa shape index (κ3) is 5.03. The topological polar surface area (TPSA) is 84.3 Å². The average Bonchev–Trinajstić information content (AvgIpc) is 3.08. The summed E-state index contributed by atoms with van der Waals surface area (Å²) in [7, 11) is -3.66. The van der Waals surface area contributed by atoms with E-state index in [-0.39, 0.29) is 10.8 Å². The molecule has 0 aliphatic heterocycles. The molecule has 0 bridgehead atoms. The molecule has 0 atom stereocenters. The summed E-state index contributed by atoms with van der Waals surface area (Å²) in [4.78, 5) is 13.2. The fraction of sp³-hybridized carbons (Fsp3) is 0.304. The Morgan fingerprint density at radius 2 is 1.71 bits per heavy atom. The minimum Gasteiger partial charge on any atom is -0.307 e. The molecule has 0 unspecified atom stereocenters. The number of anilines is 1. The van der Waals surface area contributed by atoms with Gasteiger partial charge in [-0.2, -0.15) is 9.40 Å². The van der Waals surface area contributed by atoms with E-state index >= 15 is 0 Å². The predicted molar refractivity (Wildman–Crippen MR) is 122 cm³/mol. The zero-order chi connectivity index (χ0) is 22.6. The first-order valence-corrected chi connectivity index (χ1v) is 11.7. The Hall–Kier alpha value is -2.97. The van der Waals surface area contributed by atoms with Crippen molar-refractivity contribution in [3.8, 4) is 0 Å². The lowest BCUT2D eigenvalue weighted by molar-refractivity contribution is 0.102. The van der Waals surface area contributed by atoms with Crippen LogP contribution in [0, 0.1) is 13.8 Å². The molecule has 164 valence electrons.